The predicted molar refractivity (Wildman–Crippen MR) is 88.0 cm³/mol. The van der Waals surface area contributed by atoms with Crippen molar-refractivity contribution in [3.63, 3.8) is 0 Å². The summed E-state index contributed by atoms with van der Waals surface area (Å²) in [4.78, 5) is 3.34. The highest BCUT2D eigenvalue weighted by molar-refractivity contribution is 8.00. The maximum Gasteiger partial charge on any atom is 0.245 e. The third kappa shape index (κ3) is 2.65. The molecule has 1 fully saturated rings. The van der Waals surface area contributed by atoms with E-state index in [2.05, 4.69) is 11.9 Å². The van der Waals surface area contributed by atoms with Gasteiger partial charge in [0.05, 0.1) is 0 Å². The van der Waals surface area contributed by atoms with Crippen LogP contribution in [0.2, 0.25) is 0 Å². The fourth-order valence-electron chi connectivity index (χ4n) is 2.62. The zero-order chi connectivity index (χ0) is 15.0. The van der Waals surface area contributed by atoms with Crippen LogP contribution in [0, 0.1) is 0 Å². The number of H-pyrrole nitrogens is 1. The molecule has 1 saturated heterocycles. The molecule has 3 N–H and O–H groups in total. The van der Waals surface area contributed by atoms with Gasteiger partial charge in [-0.1, -0.05) is 6.92 Å². The van der Waals surface area contributed by atoms with Crippen LogP contribution in [0.25, 0.3) is 10.9 Å². The number of sulfonamides is 1. The van der Waals surface area contributed by atoms with Crippen LogP contribution in [-0.2, 0) is 10.0 Å². The lowest BCUT2D eigenvalue weighted by atomic mass is 10.2. The van der Waals surface area contributed by atoms with Crippen LogP contribution in [0.4, 0.5) is 5.69 Å². The van der Waals surface area contributed by atoms with Crippen molar-refractivity contribution in [3.05, 3.63) is 24.4 Å². The molecule has 1 aromatic heterocycles. The maximum atomic E-state index is 12.9. The van der Waals surface area contributed by atoms with Crippen molar-refractivity contribution in [2.24, 2.45) is 0 Å². The number of nitrogen functional groups attached to an aromatic ring is 1. The number of hydrogen-bond acceptors (Lipinski definition) is 4. The van der Waals surface area contributed by atoms with Crippen LogP contribution in [0.15, 0.2) is 29.3 Å². The van der Waals surface area contributed by atoms with E-state index in [1.807, 2.05) is 17.8 Å². The molecule has 7 heteroatoms. The first-order chi connectivity index (χ1) is 10.0. The van der Waals surface area contributed by atoms with Gasteiger partial charge in [0.1, 0.15) is 4.90 Å². The molecule has 1 aliphatic rings. The highest BCUT2D eigenvalue weighted by Crippen LogP contribution is 2.30. The average Bonchev–Trinajstić information content (AvgIpc) is 2.91. The molecule has 1 atom stereocenters. The van der Waals surface area contributed by atoms with Crippen LogP contribution in [-0.4, -0.2) is 41.8 Å². The van der Waals surface area contributed by atoms with Gasteiger partial charge in [0.2, 0.25) is 10.0 Å². The first-order valence-corrected chi connectivity index (χ1v) is 9.49. The lowest BCUT2D eigenvalue weighted by Gasteiger charge is -2.30. The fraction of sp³-hybridized carbons (Fsp3) is 0.429. The van der Waals surface area contributed by atoms with E-state index >= 15 is 0 Å². The SMILES string of the molecule is CCC1CN(S(=O)(=O)c2c[nH]c3ccc(N)cc23)CCS1. The lowest BCUT2D eigenvalue weighted by molar-refractivity contribution is 0.416. The molecule has 2 heterocycles. The summed E-state index contributed by atoms with van der Waals surface area (Å²) in [5, 5.41) is 1.05. The Balaban J connectivity index is 2.02. The van der Waals surface area contributed by atoms with Gasteiger partial charge in [0.15, 0.2) is 0 Å². The summed E-state index contributed by atoms with van der Waals surface area (Å²) < 4.78 is 27.4. The molecule has 0 amide bonds. The Morgan fingerprint density at radius 2 is 2.29 bits per heavy atom. The second-order valence-corrected chi connectivity index (χ2v) is 8.54. The largest absolute Gasteiger partial charge is 0.399 e. The molecule has 0 saturated carbocycles. The van der Waals surface area contributed by atoms with Gasteiger partial charge in [0.25, 0.3) is 0 Å². The Bertz CT molecular complexity index is 755. The molecule has 21 heavy (non-hydrogen) atoms. The minimum atomic E-state index is -3.47. The van der Waals surface area contributed by atoms with Crippen molar-refractivity contribution in [2.75, 3.05) is 24.6 Å². The minimum Gasteiger partial charge on any atom is -0.399 e. The number of thioether (sulfide) groups is 1. The van der Waals surface area contributed by atoms with Crippen molar-refractivity contribution >= 4 is 38.4 Å². The van der Waals surface area contributed by atoms with Crippen molar-refractivity contribution in [3.8, 4) is 0 Å². The predicted octanol–water partition coefficient (Wildman–Crippen LogP) is 2.27. The topological polar surface area (TPSA) is 79.2 Å². The zero-order valence-corrected chi connectivity index (χ0v) is 13.5. The highest BCUT2D eigenvalue weighted by atomic mass is 32.2. The van der Waals surface area contributed by atoms with Crippen LogP contribution < -0.4 is 5.73 Å². The van der Waals surface area contributed by atoms with E-state index in [4.69, 9.17) is 5.73 Å². The van der Waals surface area contributed by atoms with E-state index in [0.29, 0.717) is 34.3 Å². The van der Waals surface area contributed by atoms with Crippen LogP contribution in [0.5, 0.6) is 0 Å². The Kier molecular flexibility index (Phi) is 3.90. The summed E-state index contributed by atoms with van der Waals surface area (Å²) in [6.07, 6.45) is 2.56. The number of fused-ring (bicyclic) bond motifs is 1. The van der Waals surface area contributed by atoms with Crippen LogP contribution >= 0.6 is 11.8 Å². The maximum absolute atomic E-state index is 12.9. The molecule has 0 aliphatic carbocycles. The number of nitrogens with zero attached hydrogens (tertiary/aromatic N) is 1. The van der Waals surface area contributed by atoms with Gasteiger partial charge >= 0.3 is 0 Å². The number of anilines is 1. The van der Waals surface area contributed by atoms with E-state index < -0.39 is 10.0 Å². The average molecular weight is 325 g/mol. The number of hydrogen-bond donors (Lipinski definition) is 2. The minimum absolute atomic E-state index is 0.326. The van der Waals surface area contributed by atoms with E-state index in [9.17, 15) is 8.42 Å². The van der Waals surface area contributed by atoms with Crippen LogP contribution in [0.3, 0.4) is 0 Å². The second kappa shape index (κ2) is 5.55. The zero-order valence-electron chi connectivity index (χ0n) is 11.9. The Morgan fingerprint density at radius 3 is 3.05 bits per heavy atom. The quantitative estimate of drug-likeness (QED) is 0.849. The molecular weight excluding hydrogens is 306 g/mol. The number of aromatic amines is 1. The summed E-state index contributed by atoms with van der Waals surface area (Å²) in [7, 11) is -3.47. The first-order valence-electron chi connectivity index (χ1n) is 7.00. The Morgan fingerprint density at radius 1 is 1.48 bits per heavy atom. The van der Waals surface area contributed by atoms with Gasteiger partial charge in [-0.05, 0) is 24.6 Å². The normalized spacial score (nSPS) is 20.9. The van der Waals surface area contributed by atoms with Crippen molar-refractivity contribution in [2.45, 2.75) is 23.5 Å². The molecule has 1 aliphatic heterocycles. The number of nitrogens with two attached hydrogens (primary N) is 1. The molecule has 0 radical (unpaired) electrons. The van der Waals surface area contributed by atoms with Gasteiger partial charge in [0, 0.05) is 46.9 Å². The standard InChI is InChI=1S/C14H19N3O2S2/c1-2-11-9-17(5-6-20-11)21(18,19)14-8-16-13-4-3-10(15)7-12(13)14/h3-4,7-8,11,16H,2,5-6,9,15H2,1H3. The van der Waals surface area contributed by atoms with E-state index in [1.54, 1.807) is 22.6 Å². The first kappa shape index (κ1) is 14.7. The third-order valence-electron chi connectivity index (χ3n) is 3.84. The molecule has 1 aromatic carbocycles. The molecule has 114 valence electrons. The lowest BCUT2D eigenvalue weighted by Crippen LogP contribution is -2.41. The smallest absolute Gasteiger partial charge is 0.245 e. The molecule has 5 nitrogen and oxygen atoms in total. The summed E-state index contributed by atoms with van der Waals surface area (Å²) in [6, 6.07) is 5.29. The third-order valence-corrected chi connectivity index (χ3v) is 7.12. The monoisotopic (exact) mass is 325 g/mol. The van der Waals surface area contributed by atoms with Crippen molar-refractivity contribution in [1.29, 1.82) is 0 Å². The molecule has 3 rings (SSSR count). The number of nitrogens with one attached hydrogen (secondary N) is 1. The summed E-state index contributed by atoms with van der Waals surface area (Å²) >= 11 is 1.85. The summed E-state index contributed by atoms with van der Waals surface area (Å²) in [6.45, 7) is 3.25. The fourth-order valence-corrected chi connectivity index (χ4v) is 5.65. The Labute approximate surface area is 128 Å². The molecule has 0 bridgehead atoms. The van der Waals surface area contributed by atoms with Gasteiger partial charge < -0.3 is 10.7 Å². The molecule has 0 spiro atoms. The molecule has 1 unspecified atom stereocenters. The number of benzene rings is 1. The number of rotatable bonds is 3. The van der Waals surface area contributed by atoms with Crippen molar-refractivity contribution < 1.29 is 8.42 Å². The van der Waals surface area contributed by atoms with E-state index in [1.165, 1.54) is 0 Å². The Hall–Kier alpha value is -1.18. The highest BCUT2D eigenvalue weighted by Gasteiger charge is 2.31. The van der Waals surface area contributed by atoms with Crippen molar-refractivity contribution in [1.82, 2.24) is 9.29 Å². The summed E-state index contributed by atoms with van der Waals surface area (Å²) in [5.74, 6) is 0.849. The van der Waals surface area contributed by atoms with Gasteiger partial charge in [-0.15, -0.1) is 0 Å². The molecule has 2 aromatic rings. The van der Waals surface area contributed by atoms with Gasteiger partial charge in [-0.2, -0.15) is 16.1 Å². The second-order valence-electron chi connectivity index (χ2n) is 5.22. The van der Waals surface area contributed by atoms with Crippen LogP contribution in [0.1, 0.15) is 13.3 Å². The van der Waals surface area contributed by atoms with E-state index in [0.717, 1.165) is 17.7 Å². The van der Waals surface area contributed by atoms with Gasteiger partial charge in [-0.3, -0.25) is 0 Å². The van der Waals surface area contributed by atoms with E-state index in [-0.39, 0.29) is 0 Å². The van der Waals surface area contributed by atoms with Gasteiger partial charge in [-0.25, -0.2) is 8.42 Å². The summed E-state index contributed by atoms with van der Waals surface area (Å²) in [5.41, 5.74) is 7.15. The molecular formula is C14H19N3O2S2. The number of aromatic nitrogens is 1.